The first-order chi connectivity index (χ1) is 6.36. The highest BCUT2D eigenvalue weighted by Crippen LogP contribution is 2.05. The number of rotatable bonds is 1. The van der Waals surface area contributed by atoms with Crippen LogP contribution in [0.4, 0.5) is 5.95 Å². The molecule has 0 bridgehead atoms. The zero-order valence-corrected chi connectivity index (χ0v) is 6.62. The van der Waals surface area contributed by atoms with Crippen molar-refractivity contribution >= 4 is 5.95 Å². The molecule has 0 spiro atoms. The van der Waals surface area contributed by atoms with Gasteiger partial charge in [0.25, 0.3) is 0 Å². The normalized spacial score (nSPS) is 9.85. The van der Waals surface area contributed by atoms with Gasteiger partial charge in [-0.15, -0.1) is 0 Å². The Hall–Kier alpha value is -2.11. The first-order valence-corrected chi connectivity index (χ1v) is 3.58. The lowest BCUT2D eigenvalue weighted by Gasteiger charge is -1.96. The Balaban J connectivity index is 2.48. The summed E-state index contributed by atoms with van der Waals surface area (Å²) in [4.78, 5) is 19.4. The molecule has 2 aromatic heterocycles. The van der Waals surface area contributed by atoms with Crippen LogP contribution in [0.25, 0.3) is 11.6 Å². The van der Waals surface area contributed by atoms with E-state index >= 15 is 0 Å². The summed E-state index contributed by atoms with van der Waals surface area (Å²) < 4.78 is 0. The van der Waals surface area contributed by atoms with Gasteiger partial charge < -0.3 is 5.73 Å². The lowest BCUT2D eigenvalue weighted by Crippen LogP contribution is -2.00. The maximum Gasteiger partial charge on any atom is 0.223 e. The molecule has 0 atom stereocenters. The summed E-state index contributed by atoms with van der Waals surface area (Å²) >= 11 is 0. The number of nitrogens with two attached hydrogens (primary N) is 1. The smallest absolute Gasteiger partial charge is 0.223 e. The van der Waals surface area contributed by atoms with Gasteiger partial charge in [0, 0.05) is 12.4 Å². The molecule has 6 heteroatoms. The molecule has 0 aliphatic rings. The molecule has 0 aliphatic carbocycles. The third-order valence-corrected chi connectivity index (χ3v) is 1.36. The predicted octanol–water partition coefficient (Wildman–Crippen LogP) is -0.0892. The van der Waals surface area contributed by atoms with Crippen molar-refractivity contribution in [1.82, 2.24) is 24.9 Å². The molecule has 0 fully saturated rings. The quantitative estimate of drug-likeness (QED) is 0.649. The number of hydrogen-bond acceptors (Lipinski definition) is 6. The summed E-state index contributed by atoms with van der Waals surface area (Å²) in [6, 6.07) is 1.72. The SMILES string of the molecule is Nc1ncnc(-c2ncccn2)n1. The van der Waals surface area contributed by atoms with E-state index < -0.39 is 0 Å². The van der Waals surface area contributed by atoms with Crippen LogP contribution in [0.5, 0.6) is 0 Å². The first-order valence-electron chi connectivity index (χ1n) is 3.58. The molecule has 0 radical (unpaired) electrons. The minimum absolute atomic E-state index is 0.164. The molecule has 0 aromatic carbocycles. The molecule has 2 rings (SSSR count). The highest BCUT2D eigenvalue weighted by molar-refractivity contribution is 5.42. The average molecular weight is 174 g/mol. The number of hydrogen-bond donors (Lipinski definition) is 1. The number of anilines is 1. The van der Waals surface area contributed by atoms with E-state index in [1.54, 1.807) is 18.5 Å². The minimum atomic E-state index is 0.164. The van der Waals surface area contributed by atoms with Crippen molar-refractivity contribution in [2.75, 3.05) is 5.73 Å². The molecule has 13 heavy (non-hydrogen) atoms. The van der Waals surface area contributed by atoms with Gasteiger partial charge in [0.05, 0.1) is 0 Å². The van der Waals surface area contributed by atoms with Crippen LogP contribution in [0.15, 0.2) is 24.8 Å². The Morgan fingerprint density at radius 3 is 2.38 bits per heavy atom. The Labute approximate surface area is 73.9 Å². The van der Waals surface area contributed by atoms with Gasteiger partial charge in [-0.05, 0) is 6.07 Å². The molecule has 0 amide bonds. The summed E-state index contributed by atoms with van der Waals surface area (Å²) in [6.45, 7) is 0. The molecule has 0 saturated carbocycles. The lowest BCUT2D eigenvalue weighted by atomic mass is 10.5. The molecule has 0 saturated heterocycles. The van der Waals surface area contributed by atoms with Crippen LogP contribution < -0.4 is 5.73 Å². The van der Waals surface area contributed by atoms with Crippen LogP contribution in [-0.4, -0.2) is 24.9 Å². The van der Waals surface area contributed by atoms with Crippen molar-refractivity contribution in [2.45, 2.75) is 0 Å². The fourth-order valence-corrected chi connectivity index (χ4v) is 0.831. The van der Waals surface area contributed by atoms with Crippen LogP contribution in [0.2, 0.25) is 0 Å². The highest BCUT2D eigenvalue weighted by Gasteiger charge is 2.02. The van der Waals surface area contributed by atoms with Crippen molar-refractivity contribution < 1.29 is 0 Å². The van der Waals surface area contributed by atoms with Crippen LogP contribution in [0.1, 0.15) is 0 Å². The minimum Gasteiger partial charge on any atom is -0.368 e. The van der Waals surface area contributed by atoms with Gasteiger partial charge in [-0.1, -0.05) is 0 Å². The summed E-state index contributed by atoms with van der Waals surface area (Å²) in [5.74, 6) is 0.988. The van der Waals surface area contributed by atoms with Gasteiger partial charge in [0.15, 0.2) is 5.82 Å². The van der Waals surface area contributed by atoms with E-state index in [-0.39, 0.29) is 5.95 Å². The number of aromatic nitrogens is 5. The van der Waals surface area contributed by atoms with Crippen LogP contribution in [-0.2, 0) is 0 Å². The van der Waals surface area contributed by atoms with E-state index in [1.165, 1.54) is 6.33 Å². The molecular formula is C7H6N6. The fraction of sp³-hybridized carbons (Fsp3) is 0. The second-order valence-electron chi connectivity index (χ2n) is 2.24. The second-order valence-corrected chi connectivity index (χ2v) is 2.24. The Morgan fingerprint density at radius 1 is 0.923 bits per heavy atom. The van der Waals surface area contributed by atoms with E-state index in [0.29, 0.717) is 11.6 Å². The van der Waals surface area contributed by atoms with Gasteiger partial charge >= 0.3 is 0 Å². The van der Waals surface area contributed by atoms with Crippen molar-refractivity contribution in [3.63, 3.8) is 0 Å². The maximum atomic E-state index is 5.38. The van der Waals surface area contributed by atoms with Crippen molar-refractivity contribution in [3.05, 3.63) is 24.8 Å². The van der Waals surface area contributed by atoms with E-state index in [1.807, 2.05) is 0 Å². The summed E-state index contributed by atoms with van der Waals surface area (Å²) in [5.41, 5.74) is 5.38. The number of nitrogens with zero attached hydrogens (tertiary/aromatic N) is 5. The third kappa shape index (κ3) is 1.56. The molecular weight excluding hydrogens is 168 g/mol. The second kappa shape index (κ2) is 3.10. The lowest BCUT2D eigenvalue weighted by molar-refractivity contribution is 1.03. The monoisotopic (exact) mass is 174 g/mol. The predicted molar refractivity (Wildman–Crippen MR) is 45.3 cm³/mol. The molecule has 64 valence electrons. The van der Waals surface area contributed by atoms with Gasteiger partial charge in [-0.2, -0.15) is 4.98 Å². The summed E-state index contributed by atoms with van der Waals surface area (Å²) in [6.07, 6.45) is 4.55. The van der Waals surface area contributed by atoms with E-state index in [9.17, 15) is 0 Å². The van der Waals surface area contributed by atoms with Crippen molar-refractivity contribution in [3.8, 4) is 11.6 Å². The molecule has 0 aliphatic heterocycles. The van der Waals surface area contributed by atoms with Crippen molar-refractivity contribution in [2.24, 2.45) is 0 Å². The Bertz CT molecular complexity index is 401. The van der Waals surface area contributed by atoms with Gasteiger partial charge in [0.2, 0.25) is 11.8 Å². The molecule has 0 unspecified atom stereocenters. The van der Waals surface area contributed by atoms with E-state index in [2.05, 4.69) is 24.9 Å². The standard InChI is InChI=1S/C7H6N6/c8-7-12-4-11-6(13-7)5-9-2-1-3-10-5/h1-4H,(H2,8,11,12,13). The first kappa shape index (κ1) is 7.53. The molecule has 2 N–H and O–H groups in total. The Kier molecular flexibility index (Phi) is 1.79. The van der Waals surface area contributed by atoms with E-state index in [0.717, 1.165) is 0 Å². The molecule has 6 nitrogen and oxygen atoms in total. The summed E-state index contributed by atoms with van der Waals surface area (Å²) in [5, 5.41) is 0. The van der Waals surface area contributed by atoms with Crippen LogP contribution >= 0.6 is 0 Å². The third-order valence-electron chi connectivity index (χ3n) is 1.36. The van der Waals surface area contributed by atoms with Crippen molar-refractivity contribution in [1.29, 1.82) is 0 Å². The van der Waals surface area contributed by atoms with Gasteiger partial charge in [-0.25, -0.2) is 19.9 Å². The maximum absolute atomic E-state index is 5.38. The Morgan fingerprint density at radius 2 is 1.69 bits per heavy atom. The van der Waals surface area contributed by atoms with E-state index in [4.69, 9.17) is 5.73 Å². The van der Waals surface area contributed by atoms with Crippen LogP contribution in [0, 0.1) is 0 Å². The largest absolute Gasteiger partial charge is 0.368 e. The number of nitrogen functional groups attached to an aromatic ring is 1. The summed E-state index contributed by atoms with van der Waals surface area (Å²) in [7, 11) is 0. The zero-order chi connectivity index (χ0) is 9.10. The van der Waals surface area contributed by atoms with Gasteiger partial charge in [0.1, 0.15) is 6.33 Å². The molecule has 2 aromatic rings. The average Bonchev–Trinajstić information content (AvgIpc) is 2.19. The zero-order valence-electron chi connectivity index (χ0n) is 6.62. The highest BCUT2D eigenvalue weighted by atomic mass is 15.1. The molecule has 2 heterocycles. The van der Waals surface area contributed by atoms with Crippen LogP contribution in [0.3, 0.4) is 0 Å². The van der Waals surface area contributed by atoms with Gasteiger partial charge in [-0.3, -0.25) is 0 Å². The fourth-order valence-electron chi connectivity index (χ4n) is 0.831. The topological polar surface area (TPSA) is 90.5 Å².